The summed E-state index contributed by atoms with van der Waals surface area (Å²) in [5, 5.41) is 9.84. The maximum absolute atomic E-state index is 12.8. The Morgan fingerprint density at radius 2 is 2.04 bits per heavy atom. The number of carbonyl (C=O) groups excluding carboxylic acids is 2. The van der Waals surface area contributed by atoms with Gasteiger partial charge < -0.3 is 24.6 Å². The lowest BCUT2D eigenvalue weighted by Gasteiger charge is -2.41. The lowest BCUT2D eigenvalue weighted by molar-refractivity contribution is -0.139. The molecule has 2 aliphatic rings. The number of carboxylic acid groups (broad SMARTS) is 1. The van der Waals surface area contributed by atoms with Crippen LogP contribution in [-0.4, -0.2) is 71.2 Å². The Kier molecular flexibility index (Phi) is 7.78. The van der Waals surface area contributed by atoms with Crippen molar-refractivity contribution in [3.63, 3.8) is 0 Å². The van der Waals surface area contributed by atoms with Crippen LogP contribution in [-0.2, 0) is 24.7 Å². The number of hydrogen-bond donors (Lipinski definition) is 2. The van der Waals surface area contributed by atoms with E-state index >= 15 is 0 Å². The van der Waals surface area contributed by atoms with Gasteiger partial charge in [0.05, 0.1) is 12.9 Å². The fraction of sp³-hybridized carbons (Fsp3) is 0.667. The first-order valence-electron chi connectivity index (χ1n) is 9.18. The molecule has 150 valence electrons. The van der Waals surface area contributed by atoms with E-state index in [1.54, 1.807) is 19.6 Å². The van der Waals surface area contributed by atoms with E-state index in [9.17, 15) is 9.59 Å². The molecule has 9 heteroatoms. The summed E-state index contributed by atoms with van der Waals surface area (Å²) in [6.45, 7) is 1.94. The SMILES string of the molecule is COCCNC(=O)C1(n2ccnc2)CCN(C(=O)CC2CC2)CC1.O=CO. The molecule has 3 rings (SSSR count). The molecule has 1 aliphatic carbocycles. The number of aromatic nitrogens is 2. The van der Waals surface area contributed by atoms with E-state index in [2.05, 4.69) is 10.3 Å². The zero-order chi connectivity index (χ0) is 19.7. The Morgan fingerprint density at radius 1 is 1.37 bits per heavy atom. The van der Waals surface area contributed by atoms with Crippen molar-refractivity contribution in [2.24, 2.45) is 5.92 Å². The van der Waals surface area contributed by atoms with Crippen molar-refractivity contribution in [1.29, 1.82) is 0 Å². The predicted molar refractivity (Wildman–Crippen MR) is 96.9 cm³/mol. The van der Waals surface area contributed by atoms with Gasteiger partial charge in [0.1, 0.15) is 5.54 Å². The zero-order valence-corrected chi connectivity index (χ0v) is 15.7. The first kappa shape index (κ1) is 20.9. The highest BCUT2D eigenvalue weighted by atomic mass is 16.5. The number of hydrogen-bond acceptors (Lipinski definition) is 5. The second-order valence-corrected chi connectivity index (χ2v) is 6.88. The Balaban J connectivity index is 0.000000817. The molecule has 0 spiro atoms. The number of ether oxygens (including phenoxy) is 1. The van der Waals surface area contributed by atoms with Crippen molar-refractivity contribution in [2.75, 3.05) is 33.4 Å². The van der Waals surface area contributed by atoms with Crippen LogP contribution in [0.4, 0.5) is 0 Å². The first-order chi connectivity index (χ1) is 13.1. The molecule has 1 aromatic rings. The number of likely N-dealkylation sites (tertiary alicyclic amines) is 1. The molecular formula is C18H28N4O5. The number of rotatable bonds is 7. The Bertz CT molecular complexity index is 607. The highest BCUT2D eigenvalue weighted by Gasteiger charge is 2.43. The minimum Gasteiger partial charge on any atom is -0.483 e. The molecule has 1 aliphatic heterocycles. The van der Waals surface area contributed by atoms with Crippen LogP contribution >= 0.6 is 0 Å². The highest BCUT2D eigenvalue weighted by molar-refractivity contribution is 5.85. The van der Waals surface area contributed by atoms with E-state index in [1.807, 2.05) is 15.7 Å². The standard InChI is InChI=1S/C17H26N4O3.CH2O2/c1-24-11-7-19-16(23)17(21-10-6-18-13-21)4-8-20(9-5-17)15(22)12-14-2-3-14;2-1-3/h6,10,13-14H,2-5,7-9,11-12H2,1H3,(H,19,23);1H,(H,2,3). The zero-order valence-electron chi connectivity index (χ0n) is 15.7. The molecule has 0 atom stereocenters. The summed E-state index contributed by atoms with van der Waals surface area (Å²) in [5.74, 6) is 0.804. The van der Waals surface area contributed by atoms with Gasteiger partial charge in [0.2, 0.25) is 11.8 Å². The summed E-state index contributed by atoms with van der Waals surface area (Å²) >= 11 is 0. The average Bonchev–Trinajstić information content (AvgIpc) is 3.31. The third kappa shape index (κ3) is 5.53. The molecule has 2 amide bonds. The lowest BCUT2D eigenvalue weighted by atomic mass is 9.85. The molecule has 1 saturated carbocycles. The Hall–Kier alpha value is -2.42. The first-order valence-corrected chi connectivity index (χ1v) is 9.18. The van der Waals surface area contributed by atoms with Crippen molar-refractivity contribution >= 4 is 18.3 Å². The van der Waals surface area contributed by atoms with Crippen LogP contribution in [0.2, 0.25) is 0 Å². The maximum Gasteiger partial charge on any atom is 0.290 e. The quantitative estimate of drug-likeness (QED) is 0.525. The van der Waals surface area contributed by atoms with Gasteiger partial charge in [0, 0.05) is 45.6 Å². The third-order valence-corrected chi connectivity index (χ3v) is 5.12. The van der Waals surface area contributed by atoms with Gasteiger partial charge in [0.25, 0.3) is 6.47 Å². The molecule has 1 saturated heterocycles. The molecule has 27 heavy (non-hydrogen) atoms. The molecule has 0 radical (unpaired) electrons. The molecule has 2 heterocycles. The topological polar surface area (TPSA) is 114 Å². The number of amides is 2. The maximum atomic E-state index is 12.8. The molecular weight excluding hydrogens is 352 g/mol. The van der Waals surface area contributed by atoms with Crippen molar-refractivity contribution in [1.82, 2.24) is 19.8 Å². The van der Waals surface area contributed by atoms with Crippen LogP contribution in [0.3, 0.4) is 0 Å². The summed E-state index contributed by atoms with van der Waals surface area (Å²) < 4.78 is 6.89. The van der Waals surface area contributed by atoms with Crippen LogP contribution in [0.5, 0.6) is 0 Å². The Morgan fingerprint density at radius 3 is 2.56 bits per heavy atom. The van der Waals surface area contributed by atoms with Gasteiger partial charge in [-0.05, 0) is 31.6 Å². The van der Waals surface area contributed by atoms with Crippen LogP contribution in [0.1, 0.15) is 32.1 Å². The highest BCUT2D eigenvalue weighted by Crippen LogP contribution is 2.35. The second kappa shape index (κ2) is 10.1. The van der Waals surface area contributed by atoms with Gasteiger partial charge in [-0.25, -0.2) is 4.98 Å². The monoisotopic (exact) mass is 380 g/mol. The number of nitrogens with one attached hydrogen (secondary N) is 1. The van der Waals surface area contributed by atoms with Gasteiger partial charge in [-0.1, -0.05) is 0 Å². The average molecular weight is 380 g/mol. The lowest BCUT2D eigenvalue weighted by Crippen LogP contribution is -2.56. The fourth-order valence-corrected chi connectivity index (χ4v) is 3.37. The molecule has 2 fully saturated rings. The fourth-order valence-electron chi connectivity index (χ4n) is 3.37. The molecule has 2 N–H and O–H groups in total. The van der Waals surface area contributed by atoms with Crippen LogP contribution in [0, 0.1) is 5.92 Å². The van der Waals surface area contributed by atoms with Gasteiger partial charge in [0.15, 0.2) is 0 Å². The van der Waals surface area contributed by atoms with Crippen LogP contribution < -0.4 is 5.32 Å². The number of nitrogens with zero attached hydrogens (tertiary/aromatic N) is 3. The van der Waals surface area contributed by atoms with Crippen molar-refractivity contribution in [3.05, 3.63) is 18.7 Å². The summed E-state index contributed by atoms with van der Waals surface area (Å²) in [6.07, 6.45) is 9.46. The summed E-state index contributed by atoms with van der Waals surface area (Å²) in [6, 6.07) is 0. The molecule has 9 nitrogen and oxygen atoms in total. The van der Waals surface area contributed by atoms with Crippen molar-refractivity contribution in [2.45, 2.75) is 37.6 Å². The summed E-state index contributed by atoms with van der Waals surface area (Å²) in [5.41, 5.74) is -0.666. The van der Waals surface area contributed by atoms with Crippen molar-refractivity contribution in [3.8, 4) is 0 Å². The Labute approximate surface area is 158 Å². The van der Waals surface area contributed by atoms with Crippen molar-refractivity contribution < 1.29 is 24.2 Å². The van der Waals surface area contributed by atoms with Gasteiger partial charge in [-0.3, -0.25) is 14.4 Å². The van der Waals surface area contributed by atoms with E-state index in [0.29, 0.717) is 51.4 Å². The normalized spacial score (nSPS) is 18.2. The van der Waals surface area contributed by atoms with E-state index in [0.717, 1.165) is 0 Å². The third-order valence-electron chi connectivity index (χ3n) is 5.12. The number of methoxy groups -OCH3 is 1. The van der Waals surface area contributed by atoms with Gasteiger partial charge in [-0.15, -0.1) is 0 Å². The summed E-state index contributed by atoms with van der Waals surface area (Å²) in [7, 11) is 1.61. The van der Waals surface area contributed by atoms with E-state index in [4.69, 9.17) is 14.6 Å². The van der Waals surface area contributed by atoms with Crippen LogP contribution in [0.15, 0.2) is 18.7 Å². The molecule has 0 unspecified atom stereocenters. The summed E-state index contributed by atoms with van der Waals surface area (Å²) in [4.78, 5) is 39.5. The van der Waals surface area contributed by atoms with Gasteiger partial charge >= 0.3 is 0 Å². The van der Waals surface area contributed by atoms with E-state index < -0.39 is 5.54 Å². The minimum atomic E-state index is -0.666. The van der Waals surface area contributed by atoms with Gasteiger partial charge in [-0.2, -0.15) is 0 Å². The second-order valence-electron chi connectivity index (χ2n) is 6.88. The number of carbonyl (C=O) groups is 3. The van der Waals surface area contributed by atoms with E-state index in [-0.39, 0.29) is 18.3 Å². The molecule has 1 aromatic heterocycles. The number of piperidine rings is 1. The molecule has 0 bridgehead atoms. The van der Waals surface area contributed by atoms with E-state index in [1.165, 1.54) is 12.8 Å². The number of imidazole rings is 1. The molecule has 0 aromatic carbocycles. The minimum absolute atomic E-state index is 0.0214. The predicted octanol–water partition coefficient (Wildman–Crippen LogP) is 0.464. The van der Waals surface area contributed by atoms with Crippen LogP contribution in [0.25, 0.3) is 0 Å². The largest absolute Gasteiger partial charge is 0.483 e. The smallest absolute Gasteiger partial charge is 0.290 e.